The summed E-state index contributed by atoms with van der Waals surface area (Å²) in [6.07, 6.45) is 0. The van der Waals surface area contributed by atoms with Gasteiger partial charge in [0.05, 0.1) is 28.4 Å². The van der Waals surface area contributed by atoms with Crippen LogP contribution in [0, 0.1) is 10.1 Å². The van der Waals surface area contributed by atoms with Crippen molar-refractivity contribution in [3.05, 3.63) is 92.0 Å². The first-order chi connectivity index (χ1) is 14.8. The van der Waals surface area contributed by atoms with Crippen molar-refractivity contribution in [2.24, 2.45) is 0 Å². The summed E-state index contributed by atoms with van der Waals surface area (Å²) in [4.78, 5) is 35.3. The van der Waals surface area contributed by atoms with Gasteiger partial charge in [-0.25, -0.2) is 0 Å². The third-order valence-electron chi connectivity index (χ3n) is 4.21. The average molecular weight is 460 g/mol. The summed E-state index contributed by atoms with van der Waals surface area (Å²) in [6, 6.07) is 14.5. The van der Waals surface area contributed by atoms with E-state index in [4.69, 9.17) is 27.9 Å². The van der Waals surface area contributed by atoms with Gasteiger partial charge < -0.3 is 15.4 Å². The molecule has 3 aromatic carbocycles. The molecule has 0 aliphatic heterocycles. The number of anilines is 2. The summed E-state index contributed by atoms with van der Waals surface area (Å²) in [5.74, 6) is -0.764. The molecule has 0 atom stereocenters. The predicted octanol–water partition coefficient (Wildman–Crippen LogP) is 5.41. The number of nitrogens with zero attached hydrogens (tertiary/aromatic N) is 1. The van der Waals surface area contributed by atoms with Crippen LogP contribution in [-0.4, -0.2) is 23.8 Å². The second-order valence-electron chi connectivity index (χ2n) is 6.25. The lowest BCUT2D eigenvalue weighted by molar-refractivity contribution is -0.384. The molecule has 3 aromatic rings. The number of nitro groups is 1. The van der Waals surface area contributed by atoms with Crippen LogP contribution in [0.4, 0.5) is 17.1 Å². The van der Waals surface area contributed by atoms with Crippen molar-refractivity contribution < 1.29 is 19.2 Å². The summed E-state index contributed by atoms with van der Waals surface area (Å²) in [5.41, 5.74) is 0.758. The van der Waals surface area contributed by atoms with Crippen molar-refractivity contribution in [1.29, 1.82) is 0 Å². The van der Waals surface area contributed by atoms with Crippen LogP contribution in [0.5, 0.6) is 5.75 Å². The van der Waals surface area contributed by atoms with E-state index in [1.54, 1.807) is 24.3 Å². The van der Waals surface area contributed by atoms with Gasteiger partial charge in [0.1, 0.15) is 5.75 Å². The molecule has 0 aliphatic rings. The number of non-ortho nitro benzene ring substituents is 1. The first-order valence-corrected chi connectivity index (χ1v) is 9.54. The highest BCUT2D eigenvalue weighted by atomic mass is 35.5. The maximum absolute atomic E-state index is 12.5. The maximum Gasteiger partial charge on any atom is 0.270 e. The highest BCUT2D eigenvalue weighted by molar-refractivity contribution is 6.34. The summed E-state index contributed by atoms with van der Waals surface area (Å²) < 4.78 is 5.29. The van der Waals surface area contributed by atoms with E-state index in [2.05, 4.69) is 10.6 Å². The Morgan fingerprint density at radius 1 is 0.903 bits per heavy atom. The maximum atomic E-state index is 12.5. The molecule has 0 aromatic heterocycles. The number of rotatable bonds is 6. The monoisotopic (exact) mass is 459 g/mol. The molecule has 0 bridgehead atoms. The van der Waals surface area contributed by atoms with Crippen LogP contribution in [0.15, 0.2) is 60.7 Å². The predicted molar refractivity (Wildman–Crippen MR) is 118 cm³/mol. The zero-order valence-electron chi connectivity index (χ0n) is 16.0. The number of benzene rings is 3. The Hall–Kier alpha value is -3.62. The molecule has 10 heteroatoms. The minimum Gasteiger partial charge on any atom is -0.494 e. The van der Waals surface area contributed by atoms with E-state index in [1.165, 1.54) is 37.4 Å². The van der Waals surface area contributed by atoms with Gasteiger partial charge >= 0.3 is 0 Å². The lowest BCUT2D eigenvalue weighted by Gasteiger charge is -2.14. The third kappa shape index (κ3) is 5.30. The van der Waals surface area contributed by atoms with E-state index < -0.39 is 16.7 Å². The van der Waals surface area contributed by atoms with E-state index in [9.17, 15) is 19.7 Å². The average Bonchev–Trinajstić information content (AvgIpc) is 2.76. The molecular weight excluding hydrogens is 445 g/mol. The zero-order chi connectivity index (χ0) is 22.5. The summed E-state index contributed by atoms with van der Waals surface area (Å²) in [7, 11) is 1.39. The van der Waals surface area contributed by atoms with Gasteiger partial charge in [0.25, 0.3) is 17.5 Å². The molecular formula is C21H15Cl2N3O5. The fourth-order valence-corrected chi connectivity index (χ4v) is 3.00. The molecule has 0 fully saturated rings. The number of carbonyl (C=O) groups is 2. The lowest BCUT2D eigenvalue weighted by Crippen LogP contribution is -2.14. The van der Waals surface area contributed by atoms with Crippen molar-refractivity contribution >= 4 is 52.1 Å². The van der Waals surface area contributed by atoms with E-state index in [-0.39, 0.29) is 33.4 Å². The van der Waals surface area contributed by atoms with Gasteiger partial charge in [-0.15, -0.1) is 0 Å². The van der Waals surface area contributed by atoms with E-state index >= 15 is 0 Å². The Labute approximate surface area is 186 Å². The summed E-state index contributed by atoms with van der Waals surface area (Å²) >= 11 is 12.1. The van der Waals surface area contributed by atoms with Crippen molar-refractivity contribution in [2.75, 3.05) is 17.7 Å². The van der Waals surface area contributed by atoms with Gasteiger partial charge in [-0.1, -0.05) is 29.3 Å². The van der Waals surface area contributed by atoms with Crippen LogP contribution < -0.4 is 15.4 Å². The molecule has 0 saturated carbocycles. The number of nitrogens with one attached hydrogen (secondary N) is 2. The molecule has 31 heavy (non-hydrogen) atoms. The molecule has 0 spiro atoms. The Kier molecular flexibility index (Phi) is 6.74. The van der Waals surface area contributed by atoms with Crippen LogP contribution in [0.3, 0.4) is 0 Å². The van der Waals surface area contributed by atoms with Gasteiger partial charge in [-0.3, -0.25) is 19.7 Å². The second-order valence-corrected chi connectivity index (χ2v) is 7.10. The van der Waals surface area contributed by atoms with Crippen LogP contribution in [-0.2, 0) is 0 Å². The molecule has 158 valence electrons. The van der Waals surface area contributed by atoms with Gasteiger partial charge in [0, 0.05) is 34.3 Å². The minimum absolute atomic E-state index is 0.0903. The Morgan fingerprint density at radius 3 is 2.19 bits per heavy atom. The van der Waals surface area contributed by atoms with Crippen molar-refractivity contribution in [2.45, 2.75) is 0 Å². The van der Waals surface area contributed by atoms with Crippen molar-refractivity contribution in [1.82, 2.24) is 0 Å². The summed E-state index contributed by atoms with van der Waals surface area (Å²) in [6.45, 7) is 0. The number of hydrogen-bond acceptors (Lipinski definition) is 5. The topological polar surface area (TPSA) is 111 Å². The highest BCUT2D eigenvalue weighted by Crippen LogP contribution is 2.35. The van der Waals surface area contributed by atoms with Gasteiger partial charge in [0.2, 0.25) is 0 Å². The Balaban J connectivity index is 1.83. The third-order valence-corrected chi connectivity index (χ3v) is 4.78. The standard InChI is InChI=1S/C21H15Cl2N3O5/c1-31-19-11-17(24-20(27)12-5-7-14(22)8-6-12)16(23)10-18(19)25-21(28)13-3-2-4-15(9-13)26(29)30/h2-11H,1H3,(H,24,27)(H,25,28). The quantitative estimate of drug-likeness (QED) is 0.377. The van der Waals surface area contributed by atoms with Crippen molar-refractivity contribution in [3.8, 4) is 5.75 Å². The number of carbonyl (C=O) groups excluding carboxylic acids is 2. The largest absolute Gasteiger partial charge is 0.494 e. The first-order valence-electron chi connectivity index (χ1n) is 8.78. The highest BCUT2D eigenvalue weighted by Gasteiger charge is 2.17. The first kappa shape index (κ1) is 22.1. The molecule has 2 N–H and O–H groups in total. The van der Waals surface area contributed by atoms with Crippen LogP contribution in [0.25, 0.3) is 0 Å². The number of methoxy groups -OCH3 is 1. The zero-order valence-corrected chi connectivity index (χ0v) is 17.5. The molecule has 0 unspecified atom stereocenters. The number of hydrogen-bond donors (Lipinski definition) is 2. The molecule has 2 amide bonds. The van der Waals surface area contributed by atoms with Gasteiger partial charge in [0.15, 0.2) is 0 Å². The Bertz CT molecular complexity index is 1170. The normalized spacial score (nSPS) is 10.3. The van der Waals surface area contributed by atoms with Crippen LogP contribution in [0.2, 0.25) is 10.0 Å². The minimum atomic E-state index is -0.591. The lowest BCUT2D eigenvalue weighted by atomic mass is 10.1. The second kappa shape index (κ2) is 9.46. The number of nitro benzene ring substituents is 1. The summed E-state index contributed by atoms with van der Waals surface area (Å²) in [5, 5.41) is 16.8. The number of amides is 2. The van der Waals surface area contributed by atoms with Crippen LogP contribution in [0.1, 0.15) is 20.7 Å². The van der Waals surface area contributed by atoms with Crippen molar-refractivity contribution in [3.63, 3.8) is 0 Å². The molecule has 0 saturated heterocycles. The fourth-order valence-electron chi connectivity index (χ4n) is 2.67. The van der Waals surface area contributed by atoms with E-state index in [1.807, 2.05) is 0 Å². The van der Waals surface area contributed by atoms with Gasteiger partial charge in [-0.2, -0.15) is 0 Å². The molecule has 8 nitrogen and oxygen atoms in total. The molecule has 3 rings (SSSR count). The molecule has 0 radical (unpaired) electrons. The van der Waals surface area contributed by atoms with Gasteiger partial charge in [-0.05, 0) is 36.4 Å². The fraction of sp³-hybridized carbons (Fsp3) is 0.0476. The molecule has 0 aliphatic carbocycles. The smallest absolute Gasteiger partial charge is 0.270 e. The van der Waals surface area contributed by atoms with Crippen LogP contribution >= 0.6 is 23.2 Å². The number of halogens is 2. The SMILES string of the molecule is COc1cc(NC(=O)c2ccc(Cl)cc2)c(Cl)cc1NC(=O)c1cccc([N+](=O)[O-])c1. The van der Waals surface area contributed by atoms with E-state index in [0.717, 1.165) is 6.07 Å². The Morgan fingerprint density at radius 2 is 1.55 bits per heavy atom. The van der Waals surface area contributed by atoms with E-state index in [0.29, 0.717) is 10.6 Å². The number of ether oxygens (including phenoxy) is 1. The molecule has 0 heterocycles.